The lowest BCUT2D eigenvalue weighted by molar-refractivity contribution is -0.177. The molecular weight excluding hydrogens is 654 g/mol. The minimum absolute atomic E-state index is 0.0307. The Morgan fingerprint density at radius 1 is 1.08 bits per heavy atom. The molecule has 5 atom stereocenters. The van der Waals surface area contributed by atoms with Crippen LogP contribution in [0, 0.1) is 13.8 Å². The van der Waals surface area contributed by atoms with Crippen LogP contribution in [0.2, 0.25) is 0 Å². The summed E-state index contributed by atoms with van der Waals surface area (Å²) in [6.07, 6.45) is 1.28. The molecule has 4 aliphatic heterocycles. The lowest BCUT2D eigenvalue weighted by atomic mass is 9.73. The van der Waals surface area contributed by atoms with Crippen molar-refractivity contribution in [3.63, 3.8) is 0 Å². The van der Waals surface area contributed by atoms with Crippen LogP contribution in [0.25, 0.3) is 0 Å². The second kappa shape index (κ2) is 14.1. The second-order valence-electron chi connectivity index (χ2n) is 13.5. The number of likely N-dealkylation sites (N-methyl/N-ethyl adjacent to an activating group) is 1. The van der Waals surface area contributed by atoms with Crippen LogP contribution in [-0.4, -0.2) is 84.0 Å². The van der Waals surface area contributed by atoms with E-state index in [-0.39, 0.29) is 55.9 Å². The van der Waals surface area contributed by atoms with E-state index in [4.69, 9.17) is 23.7 Å². The molecule has 12 nitrogen and oxygen atoms in total. The Morgan fingerprint density at radius 2 is 1.84 bits per heavy atom. The van der Waals surface area contributed by atoms with Crippen LogP contribution in [0.4, 0.5) is 4.79 Å². The van der Waals surface area contributed by atoms with E-state index in [1.165, 1.54) is 6.08 Å². The number of methoxy groups -OCH3 is 1. The van der Waals surface area contributed by atoms with Gasteiger partial charge < -0.3 is 39.2 Å². The van der Waals surface area contributed by atoms with Crippen molar-refractivity contribution in [3.05, 3.63) is 88.0 Å². The number of hydrogen-bond acceptors (Lipinski definition) is 11. The van der Waals surface area contributed by atoms with Gasteiger partial charge in [0, 0.05) is 41.3 Å². The fraction of sp³-hybridized carbons (Fsp3) is 0.436. The number of nitrogens with one attached hydrogen (secondary N) is 1. The van der Waals surface area contributed by atoms with Gasteiger partial charge in [-0.05, 0) is 56.3 Å². The predicted molar refractivity (Wildman–Crippen MR) is 187 cm³/mol. The molecular formula is C39H45N3O9. The summed E-state index contributed by atoms with van der Waals surface area (Å²) in [7, 11) is 1.54. The SMILES string of the molecule is C=CCOC(=O)Oc1c(C)c2c(c3c1CC1[C@H]4c5c(cc(C)c(OC)c5O)C[C@@H]([C@H](O)N1[C@H]3CNC(=O)CCc1ccccc1)N4CC)OCO2. The molecule has 3 aromatic carbocycles. The third-order valence-corrected chi connectivity index (χ3v) is 10.8. The highest BCUT2D eigenvalue weighted by molar-refractivity contribution is 5.76. The number of aromatic hydroxyl groups is 1. The number of aryl methyl sites for hydroxylation is 2. The van der Waals surface area contributed by atoms with Crippen molar-refractivity contribution in [2.24, 2.45) is 0 Å². The number of hydrogen-bond donors (Lipinski definition) is 3. The molecule has 1 unspecified atom stereocenters. The lowest BCUT2D eigenvalue weighted by Gasteiger charge is -2.60. The first-order chi connectivity index (χ1) is 24.7. The molecule has 4 heterocycles. The van der Waals surface area contributed by atoms with E-state index in [2.05, 4.69) is 16.8 Å². The molecule has 1 saturated heterocycles. The summed E-state index contributed by atoms with van der Waals surface area (Å²) in [5.74, 6) is 1.56. The number of piperazine rings is 1. The summed E-state index contributed by atoms with van der Waals surface area (Å²) in [4.78, 5) is 30.7. The van der Waals surface area contributed by atoms with Gasteiger partial charge in [0.1, 0.15) is 18.6 Å². The molecule has 2 bridgehead atoms. The van der Waals surface area contributed by atoms with Gasteiger partial charge in [-0.15, -0.1) is 0 Å². The first-order valence-electron chi connectivity index (χ1n) is 17.5. The largest absolute Gasteiger partial charge is 0.514 e. The average Bonchev–Trinajstić information content (AvgIpc) is 3.63. The van der Waals surface area contributed by atoms with Gasteiger partial charge in [0.25, 0.3) is 0 Å². The summed E-state index contributed by atoms with van der Waals surface area (Å²) in [6, 6.07) is 10.1. The number of rotatable bonds is 10. The van der Waals surface area contributed by atoms with Crippen molar-refractivity contribution in [3.8, 4) is 28.7 Å². The van der Waals surface area contributed by atoms with E-state index in [0.29, 0.717) is 59.7 Å². The van der Waals surface area contributed by atoms with E-state index < -0.39 is 24.5 Å². The van der Waals surface area contributed by atoms with Gasteiger partial charge in [0.05, 0.1) is 25.2 Å². The number of carbonyl (C=O) groups excluding carboxylic acids is 2. The smallest absolute Gasteiger partial charge is 0.504 e. The van der Waals surface area contributed by atoms with E-state index in [1.807, 2.05) is 55.1 Å². The molecule has 0 saturated carbocycles. The van der Waals surface area contributed by atoms with Crippen LogP contribution in [0.1, 0.15) is 64.4 Å². The maximum atomic E-state index is 13.4. The van der Waals surface area contributed by atoms with Crippen LogP contribution in [0.3, 0.4) is 0 Å². The Bertz CT molecular complexity index is 1850. The summed E-state index contributed by atoms with van der Waals surface area (Å²) in [6.45, 7) is 10.0. The van der Waals surface area contributed by atoms with E-state index in [0.717, 1.165) is 22.3 Å². The fourth-order valence-corrected chi connectivity index (χ4v) is 8.69. The Hall–Kier alpha value is -4.78. The summed E-state index contributed by atoms with van der Waals surface area (Å²) >= 11 is 0. The van der Waals surface area contributed by atoms with Gasteiger partial charge >= 0.3 is 6.16 Å². The zero-order valence-electron chi connectivity index (χ0n) is 29.4. The van der Waals surface area contributed by atoms with Crippen LogP contribution in [0.5, 0.6) is 28.7 Å². The number of nitrogens with zero attached hydrogens (tertiary/aromatic N) is 2. The van der Waals surface area contributed by atoms with Gasteiger partial charge in [-0.1, -0.05) is 56.0 Å². The van der Waals surface area contributed by atoms with Gasteiger partial charge in [-0.25, -0.2) is 4.79 Å². The molecule has 3 N–H and O–H groups in total. The lowest BCUT2D eigenvalue weighted by Crippen LogP contribution is -2.70. The monoisotopic (exact) mass is 699 g/mol. The molecule has 0 aliphatic carbocycles. The summed E-state index contributed by atoms with van der Waals surface area (Å²) in [5.41, 5.74) is 5.50. The van der Waals surface area contributed by atoms with E-state index >= 15 is 0 Å². The van der Waals surface area contributed by atoms with Crippen molar-refractivity contribution in [1.29, 1.82) is 0 Å². The molecule has 1 fully saturated rings. The van der Waals surface area contributed by atoms with Gasteiger partial charge in [-0.2, -0.15) is 0 Å². The number of fused-ring (bicyclic) bond motifs is 9. The van der Waals surface area contributed by atoms with Crippen molar-refractivity contribution in [1.82, 2.24) is 15.1 Å². The van der Waals surface area contributed by atoms with Crippen molar-refractivity contribution < 1.29 is 43.5 Å². The highest BCUT2D eigenvalue weighted by atomic mass is 16.7. The van der Waals surface area contributed by atoms with Crippen LogP contribution in [0.15, 0.2) is 49.1 Å². The zero-order chi connectivity index (χ0) is 36.0. The topological polar surface area (TPSA) is 139 Å². The Morgan fingerprint density at radius 3 is 2.57 bits per heavy atom. The number of amides is 1. The minimum Gasteiger partial charge on any atom is -0.504 e. The van der Waals surface area contributed by atoms with Crippen molar-refractivity contribution in [2.45, 2.75) is 76.8 Å². The van der Waals surface area contributed by atoms with Gasteiger partial charge in [-0.3, -0.25) is 14.6 Å². The van der Waals surface area contributed by atoms with E-state index in [9.17, 15) is 19.8 Å². The highest BCUT2D eigenvalue weighted by Gasteiger charge is 2.57. The Balaban J connectivity index is 1.36. The number of phenolic OH excluding ortho intramolecular Hbond substituents is 1. The van der Waals surface area contributed by atoms with Crippen molar-refractivity contribution >= 4 is 12.1 Å². The zero-order valence-corrected chi connectivity index (χ0v) is 29.4. The minimum atomic E-state index is -0.954. The van der Waals surface area contributed by atoms with Crippen LogP contribution in [-0.2, 0) is 28.8 Å². The van der Waals surface area contributed by atoms with Crippen LogP contribution >= 0.6 is 0 Å². The molecule has 0 aromatic heterocycles. The normalized spacial score (nSPS) is 23.0. The van der Waals surface area contributed by atoms with Crippen LogP contribution < -0.4 is 24.3 Å². The molecule has 4 aliphatic rings. The molecule has 7 rings (SSSR count). The first kappa shape index (κ1) is 34.7. The number of aliphatic hydroxyl groups excluding tert-OH is 1. The maximum Gasteiger partial charge on any atom is 0.514 e. The molecule has 3 aromatic rings. The molecule has 0 radical (unpaired) electrons. The van der Waals surface area contributed by atoms with Gasteiger partial charge in [0.2, 0.25) is 12.7 Å². The second-order valence-corrected chi connectivity index (χ2v) is 13.5. The number of ether oxygens (including phenoxy) is 5. The first-order valence-corrected chi connectivity index (χ1v) is 17.5. The molecule has 12 heteroatoms. The third-order valence-electron chi connectivity index (χ3n) is 10.8. The van der Waals surface area contributed by atoms with Gasteiger partial charge in [0.15, 0.2) is 23.0 Å². The Kier molecular flexibility index (Phi) is 9.58. The highest BCUT2D eigenvalue weighted by Crippen LogP contribution is 2.58. The summed E-state index contributed by atoms with van der Waals surface area (Å²) < 4.78 is 28.9. The molecule has 1 amide bonds. The maximum absolute atomic E-state index is 13.4. The standard InChI is InChI=1S/C39H45N3O9/c1-6-15-48-39(46)51-35-22(4)36-37(50-20-49-36)31-25(35)18-26-32-30-24(16-21(3)34(47-5)33(30)44)17-27(41(32)7-2)38(45)42(26)28(31)19-40-29(43)14-13-23-11-9-8-10-12-23/h6,8-12,16,26-28,32,38,44-45H,1,7,13-15,17-20H2,2-5H3,(H,40,43)/t26?,27-,28-,32-,38-/m0/s1. The number of phenols is 1. The average molecular weight is 700 g/mol. The quantitative estimate of drug-likeness (QED) is 0.153. The third kappa shape index (κ3) is 5.94. The summed E-state index contributed by atoms with van der Waals surface area (Å²) in [5, 5.41) is 27.3. The predicted octanol–water partition coefficient (Wildman–Crippen LogP) is 4.78. The van der Waals surface area contributed by atoms with Crippen molar-refractivity contribution in [2.75, 3.05) is 33.6 Å². The molecule has 51 heavy (non-hydrogen) atoms. The number of benzene rings is 3. The fourth-order valence-electron chi connectivity index (χ4n) is 8.69. The molecule has 270 valence electrons. The van der Waals surface area contributed by atoms with E-state index in [1.54, 1.807) is 14.0 Å². The number of aliphatic hydroxyl groups is 1. The number of carbonyl (C=O) groups is 2. The Labute approximate surface area is 297 Å². The molecule has 0 spiro atoms.